The van der Waals surface area contributed by atoms with Gasteiger partial charge in [-0.2, -0.15) is 0 Å². The fraction of sp³-hybridized carbons (Fsp3) is 0.375. The molecule has 0 bridgehead atoms. The van der Waals surface area contributed by atoms with Gasteiger partial charge in [-0.15, -0.1) is 0 Å². The number of carbonyl (C=O) groups excluding carboxylic acids is 1. The van der Waals surface area contributed by atoms with E-state index in [0.29, 0.717) is 22.6 Å². The van der Waals surface area contributed by atoms with Crippen LogP contribution in [0.1, 0.15) is 67.6 Å². The van der Waals surface area contributed by atoms with Gasteiger partial charge in [0.1, 0.15) is 11.5 Å². The first-order valence-electron chi connectivity index (χ1n) is 9.99. The molecule has 0 fully saturated rings. The molecule has 4 heteroatoms. The number of hydrogen-bond acceptors (Lipinski definition) is 4. The van der Waals surface area contributed by atoms with Gasteiger partial charge in [0.05, 0.1) is 11.7 Å². The summed E-state index contributed by atoms with van der Waals surface area (Å²) in [6.07, 6.45) is 6.65. The Morgan fingerprint density at radius 2 is 1.71 bits per heavy atom. The maximum atomic E-state index is 12.5. The maximum Gasteiger partial charge on any atom is 0.185 e. The lowest BCUT2D eigenvalue weighted by atomic mass is 9.96. The highest BCUT2D eigenvalue weighted by Crippen LogP contribution is 2.38. The lowest BCUT2D eigenvalue weighted by Crippen LogP contribution is -2.10. The lowest BCUT2D eigenvalue weighted by molar-refractivity contribution is 0.104. The molecule has 2 aromatic carbocycles. The van der Waals surface area contributed by atoms with Crippen molar-refractivity contribution in [2.75, 3.05) is 5.73 Å². The zero-order valence-corrected chi connectivity index (χ0v) is 17.3. The van der Waals surface area contributed by atoms with E-state index >= 15 is 0 Å². The van der Waals surface area contributed by atoms with Crippen LogP contribution >= 0.6 is 0 Å². The number of aryl methyl sites for hydroxylation is 2. The predicted octanol–water partition coefficient (Wildman–Crippen LogP) is 5.56. The van der Waals surface area contributed by atoms with Crippen LogP contribution in [0.5, 0.6) is 11.5 Å². The number of phenols is 1. The number of anilines is 1. The Balaban J connectivity index is 2.51. The number of nitrogens with two attached hydrogens (primary N) is 1. The van der Waals surface area contributed by atoms with E-state index in [1.165, 1.54) is 6.08 Å². The van der Waals surface area contributed by atoms with Crippen molar-refractivity contribution in [2.45, 2.75) is 59.5 Å². The molecule has 150 valence electrons. The third-order valence-corrected chi connectivity index (χ3v) is 4.43. The quantitative estimate of drug-likeness (QED) is 0.339. The van der Waals surface area contributed by atoms with E-state index in [1.54, 1.807) is 30.3 Å². The van der Waals surface area contributed by atoms with E-state index in [-0.39, 0.29) is 17.6 Å². The van der Waals surface area contributed by atoms with E-state index < -0.39 is 0 Å². The van der Waals surface area contributed by atoms with Crippen molar-refractivity contribution in [3.05, 3.63) is 58.7 Å². The Bertz CT molecular complexity index is 836. The zero-order chi connectivity index (χ0) is 20.7. The van der Waals surface area contributed by atoms with Gasteiger partial charge in [0, 0.05) is 11.3 Å². The largest absolute Gasteiger partial charge is 0.507 e. The molecule has 0 aliphatic heterocycles. The molecular weight excluding hydrogens is 350 g/mol. The van der Waals surface area contributed by atoms with Crippen molar-refractivity contribution in [1.29, 1.82) is 0 Å². The molecule has 0 aliphatic carbocycles. The summed E-state index contributed by atoms with van der Waals surface area (Å²) in [4.78, 5) is 12.5. The molecule has 2 rings (SSSR count). The SMILES string of the molecule is CCCc1cc(CCC)c(OC(C)C)c(/C=C/C(=O)c2ccc(N)cc2)c1O. The molecule has 2 aromatic rings. The number of phenolic OH excluding ortho intramolecular Hbond substituents is 1. The van der Waals surface area contributed by atoms with Crippen LogP contribution in [-0.2, 0) is 12.8 Å². The minimum absolute atomic E-state index is 0.0352. The second kappa shape index (κ2) is 9.98. The molecular formula is C24H31NO3. The van der Waals surface area contributed by atoms with E-state index in [0.717, 1.165) is 36.8 Å². The topological polar surface area (TPSA) is 72.5 Å². The molecule has 0 spiro atoms. The molecule has 0 heterocycles. The number of aromatic hydroxyl groups is 1. The average molecular weight is 382 g/mol. The van der Waals surface area contributed by atoms with Crippen LogP contribution in [0, 0.1) is 0 Å². The molecule has 0 aromatic heterocycles. The summed E-state index contributed by atoms with van der Waals surface area (Å²) < 4.78 is 6.06. The number of nitrogen functional groups attached to an aromatic ring is 1. The molecule has 4 nitrogen and oxygen atoms in total. The summed E-state index contributed by atoms with van der Waals surface area (Å²) in [7, 11) is 0. The number of hydrogen-bond donors (Lipinski definition) is 2. The van der Waals surface area contributed by atoms with Gasteiger partial charge in [-0.3, -0.25) is 4.79 Å². The molecule has 3 N–H and O–H groups in total. The molecule has 28 heavy (non-hydrogen) atoms. The van der Waals surface area contributed by atoms with Crippen LogP contribution in [0.3, 0.4) is 0 Å². The van der Waals surface area contributed by atoms with E-state index in [1.807, 2.05) is 19.9 Å². The minimum Gasteiger partial charge on any atom is -0.507 e. The minimum atomic E-state index is -0.146. The smallest absolute Gasteiger partial charge is 0.185 e. The van der Waals surface area contributed by atoms with Gasteiger partial charge in [0.25, 0.3) is 0 Å². The highest BCUT2D eigenvalue weighted by Gasteiger charge is 2.18. The van der Waals surface area contributed by atoms with Gasteiger partial charge in [-0.25, -0.2) is 0 Å². The van der Waals surface area contributed by atoms with Crippen molar-refractivity contribution >= 4 is 17.5 Å². The van der Waals surface area contributed by atoms with Crippen LogP contribution < -0.4 is 10.5 Å². The normalized spacial score (nSPS) is 11.3. The van der Waals surface area contributed by atoms with Crippen LogP contribution in [0.25, 0.3) is 6.08 Å². The molecule has 0 aliphatic rings. The van der Waals surface area contributed by atoms with Gasteiger partial charge in [-0.1, -0.05) is 26.7 Å². The number of rotatable bonds is 9. The van der Waals surface area contributed by atoms with Gasteiger partial charge in [0.15, 0.2) is 5.78 Å². The van der Waals surface area contributed by atoms with Crippen LogP contribution in [0.4, 0.5) is 5.69 Å². The fourth-order valence-electron chi connectivity index (χ4n) is 3.14. The number of ketones is 1. The van der Waals surface area contributed by atoms with Crippen molar-refractivity contribution < 1.29 is 14.6 Å². The Morgan fingerprint density at radius 3 is 2.29 bits per heavy atom. The average Bonchev–Trinajstić information content (AvgIpc) is 2.65. The van der Waals surface area contributed by atoms with Gasteiger partial charge in [0.2, 0.25) is 0 Å². The Morgan fingerprint density at radius 1 is 1.11 bits per heavy atom. The van der Waals surface area contributed by atoms with Crippen LogP contribution in [0.15, 0.2) is 36.4 Å². The molecule has 0 saturated carbocycles. The molecule has 0 saturated heterocycles. The van der Waals surface area contributed by atoms with Crippen molar-refractivity contribution in [2.24, 2.45) is 0 Å². The number of ether oxygens (including phenoxy) is 1. The summed E-state index contributed by atoms with van der Waals surface area (Å²) in [5, 5.41) is 10.9. The van der Waals surface area contributed by atoms with E-state index in [9.17, 15) is 9.90 Å². The predicted molar refractivity (Wildman–Crippen MR) is 116 cm³/mol. The van der Waals surface area contributed by atoms with Crippen LogP contribution in [0.2, 0.25) is 0 Å². The summed E-state index contributed by atoms with van der Waals surface area (Å²) >= 11 is 0. The van der Waals surface area contributed by atoms with E-state index in [4.69, 9.17) is 10.5 Å². The zero-order valence-electron chi connectivity index (χ0n) is 17.3. The molecule has 0 unspecified atom stereocenters. The highest BCUT2D eigenvalue weighted by atomic mass is 16.5. The van der Waals surface area contributed by atoms with Gasteiger partial charge >= 0.3 is 0 Å². The molecule has 0 atom stereocenters. The summed E-state index contributed by atoms with van der Waals surface area (Å²) in [5.74, 6) is 0.710. The Hall–Kier alpha value is -2.75. The number of allylic oxidation sites excluding steroid dienone is 1. The first kappa shape index (κ1) is 21.5. The Kier molecular flexibility index (Phi) is 7.68. The van der Waals surface area contributed by atoms with E-state index in [2.05, 4.69) is 13.8 Å². The van der Waals surface area contributed by atoms with Crippen molar-refractivity contribution in [3.63, 3.8) is 0 Å². The summed E-state index contributed by atoms with van der Waals surface area (Å²) in [6, 6.07) is 8.84. The number of carbonyl (C=O) groups is 1. The molecule has 0 amide bonds. The second-order valence-electron chi connectivity index (χ2n) is 7.27. The lowest BCUT2D eigenvalue weighted by Gasteiger charge is -2.20. The fourth-order valence-corrected chi connectivity index (χ4v) is 3.14. The summed E-state index contributed by atoms with van der Waals surface area (Å²) in [5.41, 5.74) is 9.39. The van der Waals surface area contributed by atoms with Gasteiger partial charge in [-0.05, 0) is 80.3 Å². The first-order chi connectivity index (χ1) is 13.4. The van der Waals surface area contributed by atoms with Gasteiger partial charge < -0.3 is 15.6 Å². The highest BCUT2D eigenvalue weighted by molar-refractivity contribution is 6.07. The second-order valence-corrected chi connectivity index (χ2v) is 7.27. The monoisotopic (exact) mass is 381 g/mol. The third-order valence-electron chi connectivity index (χ3n) is 4.43. The third kappa shape index (κ3) is 5.38. The standard InChI is InChI=1S/C24H31NO3/c1-5-7-18-15-19(8-6-2)24(28-16(3)4)21(23(18)27)13-14-22(26)17-9-11-20(25)12-10-17/h9-16,27H,5-8,25H2,1-4H3/b14-13+. The maximum absolute atomic E-state index is 12.5. The summed E-state index contributed by atoms with van der Waals surface area (Å²) in [6.45, 7) is 8.11. The van der Waals surface area contributed by atoms with Crippen LogP contribution in [-0.4, -0.2) is 17.0 Å². The van der Waals surface area contributed by atoms with Crippen molar-refractivity contribution in [1.82, 2.24) is 0 Å². The number of benzene rings is 2. The first-order valence-corrected chi connectivity index (χ1v) is 9.99. The van der Waals surface area contributed by atoms with Crippen molar-refractivity contribution in [3.8, 4) is 11.5 Å². The Labute approximate surface area is 168 Å². The molecule has 0 radical (unpaired) electrons.